The number of nitrogens with one attached hydrogen (secondary N) is 1. The molecule has 1 fully saturated rings. The van der Waals surface area contributed by atoms with Gasteiger partial charge in [-0.1, -0.05) is 17.7 Å². The van der Waals surface area contributed by atoms with Gasteiger partial charge in [0, 0.05) is 19.1 Å². The molecule has 2 rings (SSSR count). The van der Waals surface area contributed by atoms with Gasteiger partial charge in [0.25, 0.3) is 5.91 Å². The molecule has 0 radical (unpaired) electrons. The number of likely N-dealkylation sites (tertiary alicyclic amines) is 1. The molecule has 1 aliphatic rings. The Bertz CT molecular complexity index is 418. The fraction of sp³-hybridized carbons (Fsp3) is 0.417. The predicted octanol–water partition coefficient (Wildman–Crippen LogP) is 1.91. The molecule has 1 saturated heterocycles. The van der Waals surface area contributed by atoms with Gasteiger partial charge in [-0.25, -0.2) is 4.39 Å². The van der Waals surface area contributed by atoms with Crippen molar-refractivity contribution in [1.29, 1.82) is 0 Å². The van der Waals surface area contributed by atoms with Crippen molar-refractivity contribution in [3.05, 3.63) is 34.6 Å². The van der Waals surface area contributed by atoms with Crippen molar-refractivity contribution in [3.8, 4) is 0 Å². The number of benzene rings is 1. The van der Waals surface area contributed by atoms with Crippen molar-refractivity contribution in [1.82, 2.24) is 10.2 Å². The summed E-state index contributed by atoms with van der Waals surface area (Å²) in [5, 5.41) is 3.28. The van der Waals surface area contributed by atoms with Gasteiger partial charge in [-0.2, -0.15) is 0 Å². The smallest absolute Gasteiger partial charge is 0.258 e. The molecule has 0 saturated carbocycles. The molecule has 1 aromatic rings. The zero-order chi connectivity index (χ0) is 12.4. The molecular formula is C12H14ClFN2O. The van der Waals surface area contributed by atoms with E-state index >= 15 is 0 Å². The van der Waals surface area contributed by atoms with Crippen LogP contribution in [0.25, 0.3) is 0 Å². The van der Waals surface area contributed by atoms with Gasteiger partial charge >= 0.3 is 0 Å². The monoisotopic (exact) mass is 256 g/mol. The maximum atomic E-state index is 13.6. The number of rotatable bonds is 2. The number of amides is 1. The largest absolute Gasteiger partial charge is 0.337 e. The topological polar surface area (TPSA) is 32.3 Å². The Labute approximate surface area is 105 Å². The van der Waals surface area contributed by atoms with Gasteiger partial charge in [-0.3, -0.25) is 4.79 Å². The summed E-state index contributed by atoms with van der Waals surface area (Å²) in [5.41, 5.74) is -0.0223. The van der Waals surface area contributed by atoms with E-state index in [9.17, 15) is 9.18 Å². The third-order valence-electron chi connectivity index (χ3n) is 3.06. The summed E-state index contributed by atoms with van der Waals surface area (Å²) in [6, 6.07) is 4.56. The molecule has 0 aromatic heterocycles. The van der Waals surface area contributed by atoms with Gasteiger partial charge in [-0.15, -0.1) is 0 Å². The Hall–Kier alpha value is -1.13. The van der Waals surface area contributed by atoms with Crippen LogP contribution in [0.2, 0.25) is 5.02 Å². The van der Waals surface area contributed by atoms with E-state index in [0.29, 0.717) is 13.1 Å². The van der Waals surface area contributed by atoms with Gasteiger partial charge in [-0.05, 0) is 25.6 Å². The molecule has 0 bridgehead atoms. The highest BCUT2D eigenvalue weighted by atomic mass is 35.5. The predicted molar refractivity (Wildman–Crippen MR) is 64.8 cm³/mol. The number of nitrogens with zero attached hydrogens (tertiary/aromatic N) is 1. The van der Waals surface area contributed by atoms with Gasteiger partial charge < -0.3 is 10.2 Å². The lowest BCUT2D eigenvalue weighted by molar-refractivity contribution is 0.0785. The molecule has 0 spiro atoms. The molecule has 1 N–H and O–H groups in total. The van der Waals surface area contributed by atoms with E-state index in [2.05, 4.69) is 5.32 Å². The van der Waals surface area contributed by atoms with Crippen molar-refractivity contribution in [2.75, 3.05) is 20.1 Å². The van der Waals surface area contributed by atoms with E-state index in [1.54, 1.807) is 4.90 Å². The molecule has 1 heterocycles. The second kappa shape index (κ2) is 5.02. The van der Waals surface area contributed by atoms with Crippen LogP contribution in [0, 0.1) is 5.82 Å². The molecule has 0 aliphatic carbocycles. The van der Waals surface area contributed by atoms with Crippen molar-refractivity contribution >= 4 is 17.5 Å². The molecular weight excluding hydrogens is 243 g/mol. The van der Waals surface area contributed by atoms with Crippen LogP contribution in [-0.2, 0) is 0 Å². The maximum Gasteiger partial charge on any atom is 0.258 e. The van der Waals surface area contributed by atoms with E-state index < -0.39 is 5.82 Å². The normalized spacial score (nSPS) is 19.7. The Morgan fingerprint density at radius 3 is 2.94 bits per heavy atom. The summed E-state index contributed by atoms with van der Waals surface area (Å²) in [4.78, 5) is 13.8. The molecule has 3 nitrogen and oxygen atoms in total. The van der Waals surface area contributed by atoms with Gasteiger partial charge in [0.2, 0.25) is 0 Å². The molecule has 1 aromatic carbocycles. The second-order valence-electron chi connectivity index (χ2n) is 4.12. The van der Waals surface area contributed by atoms with Gasteiger partial charge in [0.1, 0.15) is 5.82 Å². The molecule has 5 heteroatoms. The number of carbonyl (C=O) groups is 1. The Morgan fingerprint density at radius 2 is 2.35 bits per heavy atom. The second-order valence-corrected chi connectivity index (χ2v) is 4.53. The van der Waals surface area contributed by atoms with E-state index in [-0.39, 0.29) is 22.5 Å². The van der Waals surface area contributed by atoms with Crippen molar-refractivity contribution in [2.45, 2.75) is 12.5 Å². The summed E-state index contributed by atoms with van der Waals surface area (Å²) >= 11 is 5.87. The van der Waals surface area contributed by atoms with Crippen LogP contribution in [0.1, 0.15) is 16.8 Å². The third kappa shape index (κ3) is 2.42. The molecule has 1 amide bonds. The fourth-order valence-electron chi connectivity index (χ4n) is 2.04. The first-order chi connectivity index (χ1) is 8.13. The Morgan fingerprint density at radius 1 is 1.59 bits per heavy atom. The van der Waals surface area contributed by atoms with E-state index in [0.717, 1.165) is 6.42 Å². The average molecular weight is 257 g/mol. The van der Waals surface area contributed by atoms with E-state index in [4.69, 9.17) is 11.6 Å². The number of hydrogen-bond acceptors (Lipinski definition) is 2. The molecule has 92 valence electrons. The molecule has 1 unspecified atom stereocenters. The number of carbonyl (C=O) groups excluding carboxylic acids is 1. The molecule has 17 heavy (non-hydrogen) atoms. The Balaban J connectivity index is 2.21. The maximum absolute atomic E-state index is 13.6. The molecule has 1 atom stereocenters. The van der Waals surface area contributed by atoms with Crippen LogP contribution in [0.3, 0.4) is 0 Å². The van der Waals surface area contributed by atoms with Gasteiger partial charge in [0.15, 0.2) is 0 Å². The van der Waals surface area contributed by atoms with E-state index in [1.165, 1.54) is 18.2 Å². The van der Waals surface area contributed by atoms with Crippen LogP contribution < -0.4 is 5.32 Å². The average Bonchev–Trinajstić information content (AvgIpc) is 2.77. The summed E-state index contributed by atoms with van der Waals surface area (Å²) in [6.45, 7) is 1.23. The lowest BCUT2D eigenvalue weighted by Gasteiger charge is -2.17. The van der Waals surface area contributed by atoms with Crippen molar-refractivity contribution in [2.24, 2.45) is 0 Å². The first-order valence-electron chi connectivity index (χ1n) is 5.54. The summed E-state index contributed by atoms with van der Waals surface area (Å²) in [7, 11) is 1.86. The lowest BCUT2D eigenvalue weighted by atomic mass is 10.2. The van der Waals surface area contributed by atoms with Crippen molar-refractivity contribution < 1.29 is 9.18 Å². The van der Waals surface area contributed by atoms with Crippen LogP contribution in [0.15, 0.2) is 18.2 Å². The standard InChI is InChI=1S/C12H14ClFN2O/c1-15-8-5-6-16(7-8)12(17)11-9(13)3-2-4-10(11)14/h2-4,8,15H,5-7H2,1H3. The van der Waals surface area contributed by atoms with Gasteiger partial charge in [0.05, 0.1) is 10.6 Å². The zero-order valence-corrected chi connectivity index (χ0v) is 10.3. The number of likely N-dealkylation sites (N-methyl/N-ethyl adjacent to an activating group) is 1. The minimum Gasteiger partial charge on any atom is -0.337 e. The first-order valence-corrected chi connectivity index (χ1v) is 5.92. The SMILES string of the molecule is CNC1CCN(C(=O)c2c(F)cccc2Cl)C1. The highest BCUT2D eigenvalue weighted by molar-refractivity contribution is 6.33. The number of halogens is 2. The van der Waals surface area contributed by atoms with Crippen LogP contribution in [0.5, 0.6) is 0 Å². The highest BCUT2D eigenvalue weighted by Crippen LogP contribution is 2.22. The third-order valence-corrected chi connectivity index (χ3v) is 3.38. The Kier molecular flexibility index (Phi) is 3.64. The lowest BCUT2D eigenvalue weighted by Crippen LogP contribution is -2.34. The van der Waals surface area contributed by atoms with Crippen LogP contribution in [0.4, 0.5) is 4.39 Å². The zero-order valence-electron chi connectivity index (χ0n) is 9.54. The summed E-state index contributed by atoms with van der Waals surface area (Å²) in [6.07, 6.45) is 0.883. The summed E-state index contributed by atoms with van der Waals surface area (Å²) in [5.74, 6) is -0.888. The first kappa shape index (κ1) is 12.3. The quantitative estimate of drug-likeness (QED) is 0.877. The van der Waals surface area contributed by atoms with Crippen molar-refractivity contribution in [3.63, 3.8) is 0 Å². The van der Waals surface area contributed by atoms with E-state index in [1.807, 2.05) is 7.05 Å². The van der Waals surface area contributed by atoms with Crippen LogP contribution >= 0.6 is 11.6 Å². The fourth-order valence-corrected chi connectivity index (χ4v) is 2.28. The summed E-state index contributed by atoms with van der Waals surface area (Å²) < 4.78 is 13.6. The molecule has 1 aliphatic heterocycles. The minimum atomic E-state index is -0.560. The minimum absolute atomic E-state index is 0.0223. The highest BCUT2D eigenvalue weighted by Gasteiger charge is 2.28. The van der Waals surface area contributed by atoms with Crippen LogP contribution in [-0.4, -0.2) is 37.0 Å². The number of hydrogen-bond donors (Lipinski definition) is 1.